The summed E-state index contributed by atoms with van der Waals surface area (Å²) in [5.74, 6) is -1.27. The first-order chi connectivity index (χ1) is 6.11. The first-order valence-electron chi connectivity index (χ1n) is 3.94. The topological polar surface area (TPSA) is 87.1 Å². The average molecular weight is 189 g/mol. The number of carboxylic acid groups (broad SMARTS) is 1. The van der Waals surface area contributed by atoms with E-state index in [2.05, 4.69) is 4.74 Å². The number of rotatable bonds is 4. The summed E-state index contributed by atoms with van der Waals surface area (Å²) in [7, 11) is 0. The van der Waals surface area contributed by atoms with Gasteiger partial charge in [0.1, 0.15) is 6.61 Å². The number of ether oxygens (including phenoxy) is 1. The van der Waals surface area contributed by atoms with E-state index >= 15 is 0 Å². The Labute approximate surface area is 74.7 Å². The molecule has 0 aliphatic carbocycles. The van der Waals surface area contributed by atoms with Crippen molar-refractivity contribution in [1.29, 1.82) is 0 Å². The van der Waals surface area contributed by atoms with Crippen molar-refractivity contribution in [1.82, 2.24) is 4.90 Å². The standard InChI is InChI=1S/C7H11NO5/c9-5(6(10)11)1-2-8-3-4-13-7(8)12/h5,9H,1-4H2,(H,10,11). The number of carbonyl (C=O) groups excluding carboxylic acids is 1. The summed E-state index contributed by atoms with van der Waals surface area (Å²) in [4.78, 5) is 22.4. The van der Waals surface area contributed by atoms with E-state index in [-0.39, 0.29) is 13.0 Å². The van der Waals surface area contributed by atoms with Gasteiger partial charge in [0.05, 0.1) is 6.54 Å². The van der Waals surface area contributed by atoms with Crippen LogP contribution in [-0.4, -0.2) is 53.0 Å². The molecular formula is C7H11NO5. The van der Waals surface area contributed by atoms with Crippen LogP contribution in [0, 0.1) is 0 Å². The molecule has 1 rings (SSSR count). The van der Waals surface area contributed by atoms with Gasteiger partial charge in [0.15, 0.2) is 6.10 Å². The molecule has 1 amide bonds. The second-order valence-corrected chi connectivity index (χ2v) is 2.74. The molecule has 0 aromatic heterocycles. The highest BCUT2D eigenvalue weighted by Gasteiger charge is 2.23. The second kappa shape index (κ2) is 4.08. The molecule has 1 aliphatic rings. The van der Waals surface area contributed by atoms with Gasteiger partial charge < -0.3 is 19.8 Å². The van der Waals surface area contributed by atoms with Crippen LogP contribution in [0.3, 0.4) is 0 Å². The van der Waals surface area contributed by atoms with E-state index in [4.69, 9.17) is 10.2 Å². The summed E-state index contributed by atoms with van der Waals surface area (Å²) in [6.45, 7) is 1.01. The summed E-state index contributed by atoms with van der Waals surface area (Å²) in [5, 5.41) is 17.2. The van der Waals surface area contributed by atoms with Gasteiger partial charge in [0, 0.05) is 13.0 Å². The van der Waals surface area contributed by atoms with E-state index < -0.39 is 18.2 Å². The number of amides is 1. The molecule has 13 heavy (non-hydrogen) atoms. The van der Waals surface area contributed by atoms with Gasteiger partial charge in [-0.05, 0) is 0 Å². The highest BCUT2D eigenvalue weighted by molar-refractivity contribution is 5.72. The Morgan fingerprint density at radius 2 is 2.38 bits per heavy atom. The van der Waals surface area contributed by atoms with E-state index in [0.717, 1.165) is 0 Å². The molecule has 1 atom stereocenters. The van der Waals surface area contributed by atoms with Crippen LogP contribution in [-0.2, 0) is 9.53 Å². The summed E-state index contributed by atoms with van der Waals surface area (Å²) in [5.41, 5.74) is 0. The van der Waals surface area contributed by atoms with Gasteiger partial charge in [-0.1, -0.05) is 0 Å². The lowest BCUT2D eigenvalue weighted by atomic mass is 10.2. The molecule has 1 saturated heterocycles. The van der Waals surface area contributed by atoms with Crippen LogP contribution in [0.25, 0.3) is 0 Å². The van der Waals surface area contributed by atoms with Crippen LogP contribution in [0.1, 0.15) is 6.42 Å². The molecule has 0 aromatic carbocycles. The molecule has 0 saturated carbocycles. The number of nitrogens with zero attached hydrogens (tertiary/aromatic N) is 1. The molecule has 0 spiro atoms. The van der Waals surface area contributed by atoms with Crippen LogP contribution in [0.15, 0.2) is 0 Å². The predicted molar refractivity (Wildman–Crippen MR) is 41.2 cm³/mol. The Balaban J connectivity index is 2.25. The number of cyclic esters (lactones) is 1. The summed E-state index contributed by atoms with van der Waals surface area (Å²) >= 11 is 0. The third-order valence-corrected chi connectivity index (χ3v) is 1.80. The lowest BCUT2D eigenvalue weighted by Crippen LogP contribution is -2.30. The third-order valence-electron chi connectivity index (χ3n) is 1.80. The number of carboxylic acids is 1. The van der Waals surface area contributed by atoms with Gasteiger partial charge in [-0.15, -0.1) is 0 Å². The van der Waals surface area contributed by atoms with Crippen molar-refractivity contribution in [3.05, 3.63) is 0 Å². The molecule has 74 valence electrons. The van der Waals surface area contributed by atoms with Crippen LogP contribution in [0.4, 0.5) is 4.79 Å². The van der Waals surface area contributed by atoms with E-state index in [0.29, 0.717) is 13.2 Å². The van der Waals surface area contributed by atoms with Crippen molar-refractivity contribution < 1.29 is 24.5 Å². The Morgan fingerprint density at radius 1 is 1.69 bits per heavy atom. The van der Waals surface area contributed by atoms with Gasteiger partial charge in [-0.2, -0.15) is 0 Å². The number of hydrogen-bond donors (Lipinski definition) is 2. The second-order valence-electron chi connectivity index (χ2n) is 2.74. The maximum absolute atomic E-state index is 10.8. The van der Waals surface area contributed by atoms with E-state index in [9.17, 15) is 9.59 Å². The van der Waals surface area contributed by atoms with Gasteiger partial charge >= 0.3 is 12.1 Å². The Morgan fingerprint density at radius 3 is 2.85 bits per heavy atom. The van der Waals surface area contributed by atoms with Crippen molar-refractivity contribution in [3.8, 4) is 0 Å². The molecule has 6 nitrogen and oxygen atoms in total. The lowest BCUT2D eigenvalue weighted by Gasteiger charge is -2.13. The number of aliphatic carboxylic acids is 1. The molecule has 0 bridgehead atoms. The number of aliphatic hydroxyl groups is 1. The quantitative estimate of drug-likeness (QED) is 0.609. The smallest absolute Gasteiger partial charge is 0.409 e. The zero-order chi connectivity index (χ0) is 9.84. The summed E-state index contributed by atoms with van der Waals surface area (Å²) in [6.07, 6.45) is -1.82. The van der Waals surface area contributed by atoms with Crippen molar-refractivity contribution in [2.45, 2.75) is 12.5 Å². The molecule has 6 heteroatoms. The maximum Gasteiger partial charge on any atom is 0.409 e. The van der Waals surface area contributed by atoms with Crippen molar-refractivity contribution in [2.24, 2.45) is 0 Å². The predicted octanol–water partition coefficient (Wildman–Crippen LogP) is -0.726. The molecule has 1 heterocycles. The molecule has 1 unspecified atom stereocenters. The Bertz CT molecular complexity index is 217. The van der Waals surface area contributed by atoms with Crippen LogP contribution >= 0.6 is 0 Å². The average Bonchev–Trinajstić information content (AvgIpc) is 2.47. The normalized spacial score (nSPS) is 18.5. The van der Waals surface area contributed by atoms with Crippen LogP contribution in [0.2, 0.25) is 0 Å². The molecule has 0 aromatic rings. The van der Waals surface area contributed by atoms with Gasteiger partial charge in [0.25, 0.3) is 0 Å². The molecule has 0 radical (unpaired) electrons. The molecular weight excluding hydrogens is 178 g/mol. The first kappa shape index (κ1) is 9.79. The number of hydrogen-bond acceptors (Lipinski definition) is 4. The van der Waals surface area contributed by atoms with Crippen LogP contribution in [0.5, 0.6) is 0 Å². The summed E-state index contributed by atoms with van der Waals surface area (Å²) in [6, 6.07) is 0. The zero-order valence-electron chi connectivity index (χ0n) is 6.97. The minimum absolute atomic E-state index is 0.0322. The summed E-state index contributed by atoms with van der Waals surface area (Å²) < 4.78 is 4.62. The highest BCUT2D eigenvalue weighted by Crippen LogP contribution is 2.05. The van der Waals surface area contributed by atoms with Crippen molar-refractivity contribution >= 4 is 12.1 Å². The minimum Gasteiger partial charge on any atom is -0.479 e. The SMILES string of the molecule is O=C(O)C(O)CCN1CCOC1=O. The van der Waals surface area contributed by atoms with E-state index in [1.807, 2.05) is 0 Å². The lowest BCUT2D eigenvalue weighted by molar-refractivity contribution is -0.147. The first-order valence-corrected chi connectivity index (χ1v) is 3.94. The number of carbonyl (C=O) groups is 2. The minimum atomic E-state index is -1.41. The van der Waals surface area contributed by atoms with Gasteiger partial charge in [-0.3, -0.25) is 0 Å². The molecule has 1 fully saturated rings. The van der Waals surface area contributed by atoms with Crippen LogP contribution < -0.4 is 0 Å². The van der Waals surface area contributed by atoms with E-state index in [1.54, 1.807) is 0 Å². The third kappa shape index (κ3) is 2.59. The van der Waals surface area contributed by atoms with Gasteiger partial charge in [0.2, 0.25) is 0 Å². The molecule has 2 N–H and O–H groups in total. The van der Waals surface area contributed by atoms with Crippen molar-refractivity contribution in [3.63, 3.8) is 0 Å². The molecule has 1 aliphatic heterocycles. The van der Waals surface area contributed by atoms with Crippen molar-refractivity contribution in [2.75, 3.05) is 19.7 Å². The fraction of sp³-hybridized carbons (Fsp3) is 0.714. The fourth-order valence-corrected chi connectivity index (χ4v) is 1.03. The Hall–Kier alpha value is -1.30. The van der Waals surface area contributed by atoms with E-state index in [1.165, 1.54) is 4.90 Å². The monoisotopic (exact) mass is 189 g/mol. The maximum atomic E-state index is 10.8. The Kier molecular flexibility index (Phi) is 3.07. The zero-order valence-corrected chi connectivity index (χ0v) is 6.97. The highest BCUT2D eigenvalue weighted by atomic mass is 16.6. The van der Waals surface area contributed by atoms with Gasteiger partial charge in [-0.25, -0.2) is 9.59 Å². The largest absolute Gasteiger partial charge is 0.479 e. The fourth-order valence-electron chi connectivity index (χ4n) is 1.03. The number of aliphatic hydroxyl groups excluding tert-OH is 1.